The molecule has 0 spiro atoms. The predicted molar refractivity (Wildman–Crippen MR) is 66.8 cm³/mol. The molecule has 0 aliphatic heterocycles. The topological polar surface area (TPSA) is 30.2 Å². The third-order valence-corrected chi connectivity index (χ3v) is 3.69. The van der Waals surface area contributed by atoms with Crippen LogP contribution < -0.4 is 5.63 Å². The van der Waals surface area contributed by atoms with Crippen molar-refractivity contribution in [3.05, 3.63) is 33.9 Å². The van der Waals surface area contributed by atoms with E-state index in [-0.39, 0.29) is 11.0 Å². The molecule has 1 rings (SSSR count). The van der Waals surface area contributed by atoms with Gasteiger partial charge in [0.1, 0.15) is 0 Å². The van der Waals surface area contributed by atoms with Crippen molar-refractivity contribution >= 4 is 0 Å². The fourth-order valence-electron chi connectivity index (χ4n) is 2.31. The lowest BCUT2D eigenvalue weighted by molar-refractivity contribution is 0.307. The Morgan fingerprint density at radius 1 is 1.44 bits per heavy atom. The Morgan fingerprint density at radius 2 is 2.06 bits per heavy atom. The summed E-state index contributed by atoms with van der Waals surface area (Å²) < 4.78 is 5.00. The second-order valence-corrected chi connectivity index (χ2v) is 5.18. The van der Waals surface area contributed by atoms with Gasteiger partial charge in [0.2, 0.25) is 0 Å². The first-order valence-corrected chi connectivity index (χ1v) is 6.00. The first-order chi connectivity index (χ1) is 7.41. The summed E-state index contributed by atoms with van der Waals surface area (Å²) in [6, 6.07) is 1.87. The van der Waals surface area contributed by atoms with E-state index in [4.69, 9.17) is 4.42 Å². The molecule has 1 heterocycles. The van der Waals surface area contributed by atoms with Gasteiger partial charge < -0.3 is 4.42 Å². The molecule has 0 aliphatic rings. The molecule has 1 aromatic heterocycles. The molecule has 2 heteroatoms. The van der Waals surface area contributed by atoms with Crippen LogP contribution in [0.4, 0.5) is 0 Å². The second-order valence-electron chi connectivity index (χ2n) is 5.18. The Kier molecular flexibility index (Phi) is 3.95. The van der Waals surface area contributed by atoms with Crippen molar-refractivity contribution in [1.82, 2.24) is 0 Å². The van der Waals surface area contributed by atoms with E-state index in [1.807, 2.05) is 13.0 Å². The summed E-state index contributed by atoms with van der Waals surface area (Å²) in [5.74, 6) is 0.474. The van der Waals surface area contributed by atoms with Crippen LogP contribution in [-0.2, 0) is 5.41 Å². The zero-order valence-corrected chi connectivity index (χ0v) is 11.0. The Morgan fingerprint density at radius 3 is 2.56 bits per heavy atom. The van der Waals surface area contributed by atoms with Crippen LogP contribution in [0.5, 0.6) is 0 Å². The minimum absolute atomic E-state index is 0.123. The van der Waals surface area contributed by atoms with E-state index in [0.717, 1.165) is 24.0 Å². The van der Waals surface area contributed by atoms with Crippen LogP contribution in [0.3, 0.4) is 0 Å². The maximum Gasteiger partial charge on any atom is 0.339 e. The zero-order valence-electron chi connectivity index (χ0n) is 11.0. The van der Waals surface area contributed by atoms with Gasteiger partial charge in [-0.2, -0.15) is 0 Å². The molecule has 1 atom stereocenters. The van der Waals surface area contributed by atoms with Gasteiger partial charge in [-0.1, -0.05) is 40.5 Å². The van der Waals surface area contributed by atoms with Gasteiger partial charge in [-0.15, -0.1) is 0 Å². The summed E-state index contributed by atoms with van der Waals surface area (Å²) in [7, 11) is 0. The Bertz CT molecular complexity index is 401. The molecule has 0 amide bonds. The Balaban J connectivity index is 3.21. The van der Waals surface area contributed by atoms with Gasteiger partial charge in [0, 0.05) is 5.56 Å². The van der Waals surface area contributed by atoms with Crippen LogP contribution in [-0.4, -0.2) is 0 Å². The molecule has 0 radical (unpaired) electrons. The second kappa shape index (κ2) is 4.86. The molecule has 16 heavy (non-hydrogen) atoms. The van der Waals surface area contributed by atoms with Crippen molar-refractivity contribution in [3.8, 4) is 0 Å². The standard InChI is InChI=1S/C14H22O2/c1-6-7-11(3)14(4,5)12-10(2)8-9-16-13(12)15/h8-9,11H,6-7H2,1-5H3. The molecule has 0 N–H and O–H groups in total. The lowest BCUT2D eigenvalue weighted by Crippen LogP contribution is -2.33. The number of rotatable bonds is 4. The number of aryl methyl sites for hydroxylation is 1. The average Bonchev–Trinajstić information content (AvgIpc) is 2.17. The van der Waals surface area contributed by atoms with Crippen LogP contribution >= 0.6 is 0 Å². The molecule has 2 nitrogen and oxygen atoms in total. The summed E-state index contributed by atoms with van der Waals surface area (Å²) in [4.78, 5) is 11.8. The van der Waals surface area contributed by atoms with E-state index < -0.39 is 0 Å². The van der Waals surface area contributed by atoms with Crippen LogP contribution in [0, 0.1) is 12.8 Å². The van der Waals surface area contributed by atoms with Crippen molar-refractivity contribution in [2.24, 2.45) is 5.92 Å². The molecule has 1 aromatic rings. The van der Waals surface area contributed by atoms with Crippen LogP contribution in [0.1, 0.15) is 51.7 Å². The first kappa shape index (κ1) is 13.0. The minimum Gasteiger partial charge on any atom is -0.431 e. The SMILES string of the molecule is CCCC(C)C(C)(C)c1c(C)ccoc1=O. The summed E-state index contributed by atoms with van der Waals surface area (Å²) in [6.45, 7) is 10.6. The Hall–Kier alpha value is -1.05. The quantitative estimate of drug-likeness (QED) is 0.778. The number of hydrogen-bond donors (Lipinski definition) is 0. The summed E-state index contributed by atoms with van der Waals surface area (Å²) in [5.41, 5.74) is 1.55. The number of hydrogen-bond acceptors (Lipinski definition) is 2. The Labute approximate surface area is 97.7 Å². The third-order valence-electron chi connectivity index (χ3n) is 3.69. The molecule has 0 saturated heterocycles. The minimum atomic E-state index is -0.187. The van der Waals surface area contributed by atoms with Gasteiger partial charge in [-0.3, -0.25) is 0 Å². The van der Waals surface area contributed by atoms with Gasteiger partial charge in [0.15, 0.2) is 0 Å². The highest BCUT2D eigenvalue weighted by molar-refractivity contribution is 5.28. The smallest absolute Gasteiger partial charge is 0.339 e. The van der Waals surface area contributed by atoms with E-state index in [0.29, 0.717) is 5.92 Å². The third kappa shape index (κ3) is 2.37. The van der Waals surface area contributed by atoms with Gasteiger partial charge in [-0.25, -0.2) is 4.79 Å². The zero-order chi connectivity index (χ0) is 12.3. The van der Waals surface area contributed by atoms with Gasteiger partial charge in [0.25, 0.3) is 0 Å². The fourth-order valence-corrected chi connectivity index (χ4v) is 2.31. The maximum atomic E-state index is 11.8. The molecule has 90 valence electrons. The molecule has 0 saturated carbocycles. The van der Waals surface area contributed by atoms with Crippen molar-refractivity contribution in [2.45, 2.75) is 52.9 Å². The summed E-state index contributed by atoms with van der Waals surface area (Å²) in [6.07, 6.45) is 3.74. The molecule has 0 aromatic carbocycles. The van der Waals surface area contributed by atoms with Crippen LogP contribution in [0.15, 0.2) is 21.5 Å². The predicted octanol–water partition coefficient (Wildman–Crippen LogP) is 3.66. The normalized spacial score (nSPS) is 13.8. The van der Waals surface area contributed by atoms with Gasteiger partial charge >= 0.3 is 5.63 Å². The fraction of sp³-hybridized carbons (Fsp3) is 0.643. The molecule has 0 bridgehead atoms. The largest absolute Gasteiger partial charge is 0.431 e. The van der Waals surface area contributed by atoms with Gasteiger partial charge in [0.05, 0.1) is 6.26 Å². The molecule has 0 aliphatic carbocycles. The highest BCUT2D eigenvalue weighted by Crippen LogP contribution is 2.33. The van der Waals surface area contributed by atoms with Crippen molar-refractivity contribution in [1.29, 1.82) is 0 Å². The van der Waals surface area contributed by atoms with E-state index >= 15 is 0 Å². The first-order valence-electron chi connectivity index (χ1n) is 6.00. The van der Waals surface area contributed by atoms with Gasteiger partial charge in [-0.05, 0) is 29.9 Å². The summed E-state index contributed by atoms with van der Waals surface area (Å²) in [5, 5.41) is 0. The van der Waals surface area contributed by atoms with E-state index in [1.54, 1.807) is 0 Å². The van der Waals surface area contributed by atoms with E-state index in [9.17, 15) is 4.79 Å². The molecular formula is C14H22O2. The molecule has 0 fully saturated rings. The van der Waals surface area contributed by atoms with Crippen LogP contribution in [0.2, 0.25) is 0 Å². The van der Waals surface area contributed by atoms with Crippen molar-refractivity contribution in [2.75, 3.05) is 0 Å². The lowest BCUT2D eigenvalue weighted by Gasteiger charge is -2.32. The maximum absolute atomic E-state index is 11.8. The van der Waals surface area contributed by atoms with Crippen molar-refractivity contribution < 1.29 is 4.42 Å². The van der Waals surface area contributed by atoms with E-state index in [2.05, 4.69) is 27.7 Å². The highest BCUT2D eigenvalue weighted by atomic mass is 16.4. The summed E-state index contributed by atoms with van der Waals surface area (Å²) >= 11 is 0. The van der Waals surface area contributed by atoms with Crippen molar-refractivity contribution in [3.63, 3.8) is 0 Å². The molecule has 1 unspecified atom stereocenters. The monoisotopic (exact) mass is 222 g/mol. The average molecular weight is 222 g/mol. The highest BCUT2D eigenvalue weighted by Gasteiger charge is 2.31. The van der Waals surface area contributed by atoms with Crippen LogP contribution in [0.25, 0.3) is 0 Å². The van der Waals surface area contributed by atoms with E-state index in [1.165, 1.54) is 6.26 Å². The molecular weight excluding hydrogens is 200 g/mol. The lowest BCUT2D eigenvalue weighted by atomic mass is 9.72.